The summed E-state index contributed by atoms with van der Waals surface area (Å²) in [6, 6.07) is 18.4. The van der Waals surface area contributed by atoms with Gasteiger partial charge >= 0.3 is 11.9 Å². The third-order valence-corrected chi connectivity index (χ3v) is 4.04. The second-order valence-electron chi connectivity index (χ2n) is 5.90. The maximum absolute atomic E-state index is 11.8. The molecule has 3 aromatic carbocycles. The quantitative estimate of drug-likeness (QED) is 0.477. The molecule has 0 heterocycles. The molecule has 3 rings (SSSR count). The zero-order chi connectivity index (χ0) is 20.1. The Kier molecular flexibility index (Phi) is 5.45. The van der Waals surface area contributed by atoms with Gasteiger partial charge in [-0.05, 0) is 48.5 Å². The Labute approximate surface area is 161 Å². The molecule has 0 amide bonds. The molecule has 0 aliphatic rings. The third-order valence-electron chi connectivity index (χ3n) is 4.04. The van der Waals surface area contributed by atoms with Crippen molar-refractivity contribution < 1.29 is 24.5 Å². The second-order valence-corrected chi connectivity index (χ2v) is 5.90. The van der Waals surface area contributed by atoms with Crippen LogP contribution in [0.2, 0.25) is 0 Å². The lowest BCUT2D eigenvalue weighted by molar-refractivity contribution is 0.0683. The van der Waals surface area contributed by atoms with Gasteiger partial charge in [-0.2, -0.15) is 0 Å². The Morgan fingerprint density at radius 1 is 0.750 bits per heavy atom. The van der Waals surface area contributed by atoms with E-state index in [0.29, 0.717) is 17.1 Å². The largest absolute Gasteiger partial charge is 0.497 e. The molecule has 0 unspecified atom stereocenters. The van der Waals surface area contributed by atoms with Gasteiger partial charge in [-0.3, -0.25) is 0 Å². The van der Waals surface area contributed by atoms with Gasteiger partial charge in [-0.1, -0.05) is 18.2 Å². The predicted octanol–water partition coefficient (Wildman–Crippen LogP) is 4.58. The summed E-state index contributed by atoms with van der Waals surface area (Å²) in [6.07, 6.45) is 0. The monoisotopic (exact) mass is 378 g/mol. The Morgan fingerprint density at radius 3 is 1.64 bits per heavy atom. The maximum Gasteiger partial charge on any atom is 0.337 e. The Hall–Kier alpha value is -4.00. The molecule has 0 atom stereocenters. The van der Waals surface area contributed by atoms with Crippen LogP contribution in [-0.2, 0) is 0 Å². The fourth-order valence-corrected chi connectivity index (χ4v) is 2.67. The van der Waals surface area contributed by atoms with Crippen molar-refractivity contribution in [3.63, 3.8) is 0 Å². The van der Waals surface area contributed by atoms with E-state index in [1.165, 1.54) is 12.1 Å². The van der Waals surface area contributed by atoms with Crippen LogP contribution in [0.25, 0.3) is 0 Å². The van der Waals surface area contributed by atoms with Crippen LogP contribution in [0.4, 0.5) is 22.7 Å². The number of para-hydroxylation sites is 1. The van der Waals surface area contributed by atoms with E-state index < -0.39 is 11.9 Å². The Balaban J connectivity index is 2.02. The molecule has 7 heteroatoms. The first-order chi connectivity index (χ1) is 13.5. The minimum absolute atomic E-state index is 0.0511. The smallest absolute Gasteiger partial charge is 0.337 e. The number of carboxylic acids is 2. The molecule has 7 nitrogen and oxygen atoms in total. The van der Waals surface area contributed by atoms with Crippen molar-refractivity contribution in [1.29, 1.82) is 0 Å². The van der Waals surface area contributed by atoms with Crippen molar-refractivity contribution in [3.05, 3.63) is 77.9 Å². The number of rotatable bonds is 7. The summed E-state index contributed by atoms with van der Waals surface area (Å²) >= 11 is 0. The van der Waals surface area contributed by atoms with Crippen LogP contribution in [-0.4, -0.2) is 29.3 Å². The van der Waals surface area contributed by atoms with E-state index in [0.717, 1.165) is 0 Å². The van der Waals surface area contributed by atoms with Crippen LogP contribution < -0.4 is 15.4 Å². The van der Waals surface area contributed by atoms with E-state index in [4.69, 9.17) is 4.74 Å². The van der Waals surface area contributed by atoms with E-state index in [9.17, 15) is 19.8 Å². The molecule has 0 bridgehead atoms. The van der Waals surface area contributed by atoms with Crippen molar-refractivity contribution >= 4 is 34.7 Å². The molecule has 0 fully saturated rings. The number of nitrogens with one attached hydrogen (secondary N) is 2. The van der Waals surface area contributed by atoms with Gasteiger partial charge in [0.05, 0.1) is 29.6 Å². The minimum Gasteiger partial charge on any atom is -0.497 e. The molecule has 142 valence electrons. The highest BCUT2D eigenvalue weighted by molar-refractivity contribution is 6.03. The fraction of sp³-hybridized carbons (Fsp3) is 0.0476. The maximum atomic E-state index is 11.8. The van der Waals surface area contributed by atoms with Crippen LogP contribution in [0.1, 0.15) is 20.7 Å². The van der Waals surface area contributed by atoms with Gasteiger partial charge in [-0.15, -0.1) is 0 Å². The SMILES string of the molecule is COc1ccc(Nc2cc(C(=O)O)c(Nc3ccccc3)cc2C(=O)O)cc1. The topological polar surface area (TPSA) is 108 Å². The van der Waals surface area contributed by atoms with Crippen molar-refractivity contribution in [2.24, 2.45) is 0 Å². The van der Waals surface area contributed by atoms with Gasteiger partial charge in [-0.25, -0.2) is 9.59 Å². The highest BCUT2D eigenvalue weighted by Gasteiger charge is 2.19. The van der Waals surface area contributed by atoms with Crippen LogP contribution in [0.5, 0.6) is 5.75 Å². The molecule has 0 aliphatic heterocycles. The molecule has 0 aliphatic carbocycles. The third kappa shape index (κ3) is 4.21. The standard InChI is InChI=1S/C21H18N2O5/c1-28-15-9-7-14(8-10-15)23-19-12-16(20(24)25)18(11-17(19)21(26)27)22-13-5-3-2-4-6-13/h2-12,22-23H,1H3,(H,24,25)(H,26,27). The number of ether oxygens (including phenoxy) is 1. The van der Waals surface area contributed by atoms with Gasteiger partial charge in [0.15, 0.2) is 0 Å². The highest BCUT2D eigenvalue weighted by Crippen LogP contribution is 2.31. The molecule has 0 saturated carbocycles. The van der Waals surface area contributed by atoms with E-state index in [2.05, 4.69) is 10.6 Å². The molecular weight excluding hydrogens is 360 g/mol. The zero-order valence-electron chi connectivity index (χ0n) is 15.0. The lowest BCUT2D eigenvalue weighted by Gasteiger charge is -2.16. The number of methoxy groups -OCH3 is 1. The van der Waals surface area contributed by atoms with Crippen molar-refractivity contribution in [3.8, 4) is 5.75 Å². The Morgan fingerprint density at radius 2 is 1.21 bits per heavy atom. The summed E-state index contributed by atoms with van der Waals surface area (Å²) in [4.78, 5) is 23.5. The summed E-state index contributed by atoms with van der Waals surface area (Å²) in [5.74, 6) is -1.70. The minimum atomic E-state index is -1.18. The molecule has 0 aromatic heterocycles. The summed E-state index contributed by atoms with van der Waals surface area (Å²) in [6.45, 7) is 0. The van der Waals surface area contributed by atoms with E-state index in [1.807, 2.05) is 6.07 Å². The van der Waals surface area contributed by atoms with E-state index in [-0.39, 0.29) is 22.5 Å². The number of benzene rings is 3. The van der Waals surface area contributed by atoms with Crippen molar-refractivity contribution in [2.45, 2.75) is 0 Å². The zero-order valence-corrected chi connectivity index (χ0v) is 15.0. The van der Waals surface area contributed by atoms with Gasteiger partial charge in [0.2, 0.25) is 0 Å². The molecule has 28 heavy (non-hydrogen) atoms. The first-order valence-electron chi connectivity index (χ1n) is 8.35. The Bertz CT molecular complexity index is 1000. The fourth-order valence-electron chi connectivity index (χ4n) is 2.67. The average Bonchev–Trinajstić information content (AvgIpc) is 2.69. The number of aromatic carboxylic acids is 2. The van der Waals surface area contributed by atoms with Gasteiger partial charge in [0, 0.05) is 11.4 Å². The second kappa shape index (κ2) is 8.13. The molecule has 0 saturated heterocycles. The van der Waals surface area contributed by atoms with Gasteiger partial charge in [0.1, 0.15) is 5.75 Å². The lowest BCUT2D eigenvalue weighted by atomic mass is 10.0. The van der Waals surface area contributed by atoms with Crippen LogP contribution in [0.3, 0.4) is 0 Å². The van der Waals surface area contributed by atoms with Gasteiger partial charge < -0.3 is 25.6 Å². The van der Waals surface area contributed by atoms with Crippen molar-refractivity contribution in [1.82, 2.24) is 0 Å². The molecule has 4 N–H and O–H groups in total. The van der Waals surface area contributed by atoms with E-state index in [1.54, 1.807) is 55.6 Å². The first-order valence-corrected chi connectivity index (χ1v) is 8.35. The van der Waals surface area contributed by atoms with Crippen LogP contribution in [0, 0.1) is 0 Å². The number of carboxylic acid groups (broad SMARTS) is 2. The number of hydrogen-bond acceptors (Lipinski definition) is 5. The number of hydrogen-bond donors (Lipinski definition) is 4. The number of carbonyl (C=O) groups is 2. The number of anilines is 4. The van der Waals surface area contributed by atoms with Gasteiger partial charge in [0.25, 0.3) is 0 Å². The molecular formula is C21H18N2O5. The first kappa shape index (κ1) is 18.8. The van der Waals surface area contributed by atoms with E-state index >= 15 is 0 Å². The molecule has 3 aromatic rings. The summed E-state index contributed by atoms with van der Waals surface area (Å²) < 4.78 is 5.10. The summed E-state index contributed by atoms with van der Waals surface area (Å²) in [7, 11) is 1.54. The average molecular weight is 378 g/mol. The predicted molar refractivity (Wildman–Crippen MR) is 106 cm³/mol. The molecule has 0 radical (unpaired) electrons. The lowest BCUT2D eigenvalue weighted by Crippen LogP contribution is -2.09. The van der Waals surface area contributed by atoms with Crippen LogP contribution >= 0.6 is 0 Å². The van der Waals surface area contributed by atoms with Crippen LogP contribution in [0.15, 0.2) is 66.7 Å². The molecule has 0 spiro atoms. The highest BCUT2D eigenvalue weighted by atomic mass is 16.5. The summed E-state index contributed by atoms with van der Waals surface area (Å²) in [5, 5.41) is 25.1. The summed E-state index contributed by atoms with van der Waals surface area (Å²) in [5.41, 5.74) is 1.51. The normalized spacial score (nSPS) is 10.2. The van der Waals surface area contributed by atoms with Crippen molar-refractivity contribution in [2.75, 3.05) is 17.7 Å².